The summed E-state index contributed by atoms with van der Waals surface area (Å²) in [5, 5.41) is 0. The minimum atomic E-state index is -0.783. The number of hydrogen-bond donors (Lipinski definition) is 0. The zero-order chi connectivity index (χ0) is 57.8. The molecule has 0 aromatic carbocycles. The van der Waals surface area contributed by atoms with E-state index < -0.39 is 6.10 Å². The lowest BCUT2D eigenvalue weighted by Gasteiger charge is -2.18. The topological polar surface area (TPSA) is 78.9 Å². The molecular weight excluding hydrogens is 985 g/mol. The Balaban J connectivity index is 4.32. The zero-order valence-corrected chi connectivity index (χ0v) is 53.1. The van der Waals surface area contributed by atoms with Crippen LogP contribution in [-0.4, -0.2) is 37.2 Å². The SMILES string of the molecule is CC/C=C\C/C=C\C/C=C\C/C=C\C/C=C\CCCCCCCCCC(=O)OC(COC(=O)CCCCCCCCCCCCCCCC)COC(=O)CCCCCCCCCCCCCCC/C=C\C/C=C\CCCCCCC. The molecule has 0 N–H and O–H groups in total. The molecule has 0 aromatic rings. The van der Waals surface area contributed by atoms with Crippen LogP contribution in [0.4, 0.5) is 0 Å². The number of rotatable bonds is 63. The Labute approximate surface area is 496 Å². The van der Waals surface area contributed by atoms with E-state index in [1.165, 1.54) is 205 Å². The van der Waals surface area contributed by atoms with Gasteiger partial charge in [-0.25, -0.2) is 0 Å². The van der Waals surface area contributed by atoms with Crippen LogP contribution in [0.25, 0.3) is 0 Å². The molecule has 0 bridgehead atoms. The van der Waals surface area contributed by atoms with E-state index in [1.807, 2.05) is 0 Å². The van der Waals surface area contributed by atoms with Gasteiger partial charge in [0.1, 0.15) is 13.2 Å². The number of allylic oxidation sites excluding steroid dienone is 14. The van der Waals surface area contributed by atoms with Gasteiger partial charge in [0.15, 0.2) is 6.10 Å². The van der Waals surface area contributed by atoms with Gasteiger partial charge in [0.05, 0.1) is 0 Å². The molecule has 0 heterocycles. The quantitative estimate of drug-likeness (QED) is 0.0261. The summed E-state index contributed by atoms with van der Waals surface area (Å²) >= 11 is 0. The maximum atomic E-state index is 12.9. The Bertz CT molecular complexity index is 1520. The largest absolute Gasteiger partial charge is 0.462 e. The molecule has 0 rings (SSSR count). The first-order chi connectivity index (χ1) is 39.5. The smallest absolute Gasteiger partial charge is 0.306 e. The Hall–Kier alpha value is -3.41. The first-order valence-electron chi connectivity index (χ1n) is 34.6. The number of ether oxygens (including phenoxy) is 3. The number of carbonyl (C=O) groups excluding carboxylic acids is 3. The molecule has 1 unspecified atom stereocenters. The van der Waals surface area contributed by atoms with E-state index in [0.29, 0.717) is 19.3 Å². The average molecular weight is 1120 g/mol. The van der Waals surface area contributed by atoms with E-state index in [9.17, 15) is 14.4 Å². The molecule has 0 aliphatic carbocycles. The molecule has 0 aliphatic rings. The highest BCUT2D eigenvalue weighted by Gasteiger charge is 2.19. The normalized spacial score (nSPS) is 12.6. The number of hydrogen-bond acceptors (Lipinski definition) is 6. The van der Waals surface area contributed by atoms with Gasteiger partial charge in [0.2, 0.25) is 0 Å². The lowest BCUT2D eigenvalue weighted by atomic mass is 10.0. The van der Waals surface area contributed by atoms with Crippen LogP contribution in [0.2, 0.25) is 0 Å². The minimum Gasteiger partial charge on any atom is -0.462 e. The molecule has 80 heavy (non-hydrogen) atoms. The van der Waals surface area contributed by atoms with Crippen molar-refractivity contribution in [3.05, 3.63) is 85.1 Å². The highest BCUT2D eigenvalue weighted by Crippen LogP contribution is 2.17. The Kier molecular flexibility index (Phi) is 65.2. The molecule has 6 nitrogen and oxygen atoms in total. The Morgan fingerprint density at radius 1 is 0.263 bits per heavy atom. The summed E-state index contributed by atoms with van der Waals surface area (Å²) in [4.78, 5) is 38.4. The fourth-order valence-corrected chi connectivity index (χ4v) is 9.97. The van der Waals surface area contributed by atoms with Gasteiger partial charge in [-0.3, -0.25) is 14.4 Å². The van der Waals surface area contributed by atoms with Gasteiger partial charge in [-0.1, -0.05) is 318 Å². The van der Waals surface area contributed by atoms with Gasteiger partial charge < -0.3 is 14.2 Å². The summed E-state index contributed by atoms with van der Waals surface area (Å²) in [5.74, 6) is -0.871. The molecule has 6 heteroatoms. The van der Waals surface area contributed by atoms with Crippen LogP contribution >= 0.6 is 0 Å². The van der Waals surface area contributed by atoms with Crippen molar-refractivity contribution in [2.24, 2.45) is 0 Å². The highest BCUT2D eigenvalue weighted by molar-refractivity contribution is 5.71. The van der Waals surface area contributed by atoms with Crippen LogP contribution in [0.3, 0.4) is 0 Å². The van der Waals surface area contributed by atoms with Gasteiger partial charge in [-0.05, 0) is 96.3 Å². The first-order valence-corrected chi connectivity index (χ1v) is 34.6. The van der Waals surface area contributed by atoms with Crippen LogP contribution < -0.4 is 0 Å². The molecule has 0 aromatic heterocycles. The van der Waals surface area contributed by atoms with E-state index in [4.69, 9.17) is 14.2 Å². The van der Waals surface area contributed by atoms with E-state index >= 15 is 0 Å². The molecule has 0 aliphatic heterocycles. The molecule has 0 fully saturated rings. The highest BCUT2D eigenvalue weighted by atomic mass is 16.6. The molecular formula is C74H130O6. The number of unbranched alkanes of at least 4 members (excludes halogenated alkanes) is 38. The predicted molar refractivity (Wildman–Crippen MR) is 348 cm³/mol. The second kappa shape index (κ2) is 68.1. The first kappa shape index (κ1) is 76.6. The maximum absolute atomic E-state index is 12.9. The van der Waals surface area contributed by atoms with Crippen molar-refractivity contribution in [1.29, 1.82) is 0 Å². The van der Waals surface area contributed by atoms with Crippen molar-refractivity contribution in [3.8, 4) is 0 Å². The third kappa shape index (κ3) is 65.4. The molecule has 0 spiro atoms. The van der Waals surface area contributed by atoms with Crippen molar-refractivity contribution < 1.29 is 28.6 Å². The standard InChI is InChI=1S/C74H130O6/c1-4-7-10-13-16-19-22-25-28-30-32-34-36-37-39-40-42-44-46-49-52-55-58-61-64-67-73(76)79-70-71(69-78-72(75)66-63-60-57-54-51-48-27-24-21-18-15-12-9-6-3)80-74(77)68-65-62-59-56-53-50-47-45-43-41-38-35-33-31-29-26-23-20-17-14-11-8-5-2/h8,11,17,20,22,25-26,29-30,32-33,35,41,43,71H,4-7,9-10,12-16,18-19,21,23-24,27-28,31,34,36-40,42,44-70H2,1-3H3/b11-8-,20-17-,25-22-,29-26-,32-30-,35-33-,43-41-. The van der Waals surface area contributed by atoms with E-state index in [-0.39, 0.29) is 31.1 Å². The van der Waals surface area contributed by atoms with Crippen molar-refractivity contribution in [2.45, 2.75) is 354 Å². The zero-order valence-electron chi connectivity index (χ0n) is 53.1. The summed E-state index contributed by atoms with van der Waals surface area (Å²) in [6.45, 7) is 6.55. The van der Waals surface area contributed by atoms with Gasteiger partial charge in [0, 0.05) is 19.3 Å². The Morgan fingerprint density at radius 3 is 0.762 bits per heavy atom. The molecule has 0 saturated carbocycles. The maximum Gasteiger partial charge on any atom is 0.306 e. The number of esters is 3. The van der Waals surface area contributed by atoms with Gasteiger partial charge in [0.25, 0.3) is 0 Å². The van der Waals surface area contributed by atoms with Crippen LogP contribution in [0.5, 0.6) is 0 Å². The van der Waals surface area contributed by atoms with Gasteiger partial charge >= 0.3 is 17.9 Å². The summed E-state index contributed by atoms with van der Waals surface area (Å²) in [7, 11) is 0. The van der Waals surface area contributed by atoms with Gasteiger partial charge in [-0.15, -0.1) is 0 Å². The third-order valence-corrected chi connectivity index (χ3v) is 15.1. The lowest BCUT2D eigenvalue weighted by Crippen LogP contribution is -2.30. The molecule has 0 amide bonds. The summed E-state index contributed by atoms with van der Waals surface area (Å²) in [5.41, 5.74) is 0. The molecule has 1 atom stereocenters. The summed E-state index contributed by atoms with van der Waals surface area (Å²) < 4.78 is 17.0. The summed E-state index contributed by atoms with van der Waals surface area (Å²) in [6, 6.07) is 0. The van der Waals surface area contributed by atoms with Crippen molar-refractivity contribution in [3.63, 3.8) is 0 Å². The summed E-state index contributed by atoms with van der Waals surface area (Å²) in [6.07, 6.45) is 90.2. The van der Waals surface area contributed by atoms with Crippen LogP contribution in [-0.2, 0) is 28.6 Å². The van der Waals surface area contributed by atoms with Gasteiger partial charge in [-0.2, -0.15) is 0 Å². The molecule has 0 saturated heterocycles. The van der Waals surface area contributed by atoms with Crippen LogP contribution in [0.1, 0.15) is 348 Å². The number of carbonyl (C=O) groups is 3. The molecule has 0 radical (unpaired) electrons. The Morgan fingerprint density at radius 2 is 0.487 bits per heavy atom. The second-order valence-corrected chi connectivity index (χ2v) is 23.1. The van der Waals surface area contributed by atoms with Crippen molar-refractivity contribution in [1.82, 2.24) is 0 Å². The second-order valence-electron chi connectivity index (χ2n) is 23.1. The monoisotopic (exact) mass is 1110 g/mol. The molecule has 462 valence electrons. The van der Waals surface area contributed by atoms with E-state index in [2.05, 4.69) is 106 Å². The van der Waals surface area contributed by atoms with Crippen LogP contribution in [0, 0.1) is 0 Å². The van der Waals surface area contributed by atoms with Crippen molar-refractivity contribution >= 4 is 17.9 Å². The fourth-order valence-electron chi connectivity index (χ4n) is 9.97. The van der Waals surface area contributed by atoms with Crippen LogP contribution in [0.15, 0.2) is 85.1 Å². The van der Waals surface area contributed by atoms with E-state index in [1.54, 1.807) is 0 Å². The van der Waals surface area contributed by atoms with Crippen molar-refractivity contribution in [2.75, 3.05) is 13.2 Å². The minimum absolute atomic E-state index is 0.0777. The third-order valence-electron chi connectivity index (χ3n) is 15.1. The average Bonchev–Trinajstić information content (AvgIpc) is 3.46. The lowest BCUT2D eigenvalue weighted by molar-refractivity contribution is -0.167. The fraction of sp³-hybridized carbons (Fsp3) is 0.770. The van der Waals surface area contributed by atoms with E-state index in [0.717, 1.165) is 103 Å². The predicted octanol–water partition coefficient (Wildman–Crippen LogP) is 23.8.